The van der Waals surface area contributed by atoms with Gasteiger partial charge in [0.2, 0.25) is 5.89 Å². The van der Waals surface area contributed by atoms with Crippen molar-refractivity contribution in [2.75, 3.05) is 6.61 Å². The second-order valence-electron chi connectivity index (χ2n) is 3.48. The Labute approximate surface area is 99.2 Å². The molecule has 1 aromatic heterocycles. The van der Waals surface area contributed by atoms with Crippen LogP contribution in [-0.2, 0) is 16.0 Å². The highest BCUT2D eigenvalue weighted by molar-refractivity contribution is 5.71. The summed E-state index contributed by atoms with van der Waals surface area (Å²) in [4.78, 5) is 15.4. The summed E-state index contributed by atoms with van der Waals surface area (Å²) in [7, 11) is 0. The van der Waals surface area contributed by atoms with E-state index in [0.29, 0.717) is 18.3 Å². The molecular formula is C13H13NO3. The number of benzene rings is 1. The molecule has 0 N–H and O–H groups in total. The summed E-state index contributed by atoms with van der Waals surface area (Å²) >= 11 is 0. The fourth-order valence-corrected chi connectivity index (χ4v) is 1.46. The molecule has 0 unspecified atom stereocenters. The number of nitrogens with zero attached hydrogens (tertiary/aromatic N) is 1. The molecule has 1 aromatic carbocycles. The SMILES string of the molecule is CCOC(=O)Cc1cnc(-c2ccccc2)o1. The smallest absolute Gasteiger partial charge is 0.313 e. The Kier molecular flexibility index (Phi) is 3.55. The van der Waals surface area contributed by atoms with Crippen LogP contribution in [0.25, 0.3) is 11.5 Å². The van der Waals surface area contributed by atoms with Crippen LogP contribution in [0.2, 0.25) is 0 Å². The zero-order chi connectivity index (χ0) is 12.1. The predicted molar refractivity (Wildman–Crippen MR) is 62.3 cm³/mol. The van der Waals surface area contributed by atoms with Gasteiger partial charge < -0.3 is 9.15 Å². The molecule has 0 spiro atoms. The molecule has 0 fully saturated rings. The Hall–Kier alpha value is -2.10. The number of oxazole rings is 1. The minimum Gasteiger partial charge on any atom is -0.466 e. The first-order valence-corrected chi connectivity index (χ1v) is 5.45. The fourth-order valence-electron chi connectivity index (χ4n) is 1.46. The average Bonchev–Trinajstić information content (AvgIpc) is 2.79. The van der Waals surface area contributed by atoms with E-state index in [1.807, 2.05) is 30.3 Å². The summed E-state index contributed by atoms with van der Waals surface area (Å²) < 4.78 is 10.3. The molecule has 0 aliphatic heterocycles. The predicted octanol–water partition coefficient (Wildman–Crippen LogP) is 2.45. The lowest BCUT2D eigenvalue weighted by molar-refractivity contribution is -0.142. The Morgan fingerprint density at radius 1 is 1.35 bits per heavy atom. The van der Waals surface area contributed by atoms with Crippen molar-refractivity contribution in [3.8, 4) is 11.5 Å². The minimum atomic E-state index is -0.303. The van der Waals surface area contributed by atoms with Crippen molar-refractivity contribution in [2.45, 2.75) is 13.3 Å². The summed E-state index contributed by atoms with van der Waals surface area (Å²) in [6, 6.07) is 9.54. The van der Waals surface area contributed by atoms with Crippen molar-refractivity contribution in [2.24, 2.45) is 0 Å². The van der Waals surface area contributed by atoms with E-state index in [1.165, 1.54) is 0 Å². The van der Waals surface area contributed by atoms with Gasteiger partial charge in [-0.3, -0.25) is 4.79 Å². The zero-order valence-corrected chi connectivity index (χ0v) is 9.55. The lowest BCUT2D eigenvalue weighted by Crippen LogP contribution is -2.06. The van der Waals surface area contributed by atoms with Gasteiger partial charge in [0.25, 0.3) is 0 Å². The number of carbonyl (C=O) groups is 1. The van der Waals surface area contributed by atoms with Gasteiger partial charge in [-0.2, -0.15) is 0 Å². The molecule has 1 heterocycles. The first-order valence-electron chi connectivity index (χ1n) is 5.45. The third kappa shape index (κ3) is 2.93. The Balaban J connectivity index is 2.09. The van der Waals surface area contributed by atoms with E-state index in [9.17, 15) is 4.79 Å². The third-order valence-corrected chi connectivity index (χ3v) is 2.20. The first-order chi connectivity index (χ1) is 8.29. The molecule has 88 valence electrons. The lowest BCUT2D eigenvalue weighted by Gasteiger charge is -1.98. The molecule has 0 saturated carbocycles. The van der Waals surface area contributed by atoms with Crippen LogP contribution < -0.4 is 0 Å². The maximum absolute atomic E-state index is 11.2. The van der Waals surface area contributed by atoms with Gasteiger partial charge in [0.1, 0.15) is 12.2 Å². The van der Waals surface area contributed by atoms with E-state index in [1.54, 1.807) is 13.1 Å². The van der Waals surface area contributed by atoms with Crippen molar-refractivity contribution >= 4 is 5.97 Å². The van der Waals surface area contributed by atoms with Crippen molar-refractivity contribution in [1.82, 2.24) is 4.98 Å². The number of rotatable bonds is 4. The van der Waals surface area contributed by atoms with E-state index in [-0.39, 0.29) is 12.4 Å². The van der Waals surface area contributed by atoms with Crippen LogP contribution in [0, 0.1) is 0 Å². The summed E-state index contributed by atoms with van der Waals surface area (Å²) in [6.07, 6.45) is 1.67. The highest BCUT2D eigenvalue weighted by atomic mass is 16.5. The second kappa shape index (κ2) is 5.30. The molecule has 4 heteroatoms. The standard InChI is InChI=1S/C13H13NO3/c1-2-16-12(15)8-11-9-14-13(17-11)10-6-4-3-5-7-10/h3-7,9H,2,8H2,1H3. The summed E-state index contributed by atoms with van der Waals surface area (Å²) in [5, 5.41) is 0. The Morgan fingerprint density at radius 2 is 2.12 bits per heavy atom. The van der Waals surface area contributed by atoms with E-state index in [2.05, 4.69) is 4.98 Å². The molecule has 2 rings (SSSR count). The summed E-state index contributed by atoms with van der Waals surface area (Å²) in [5.74, 6) is 0.732. The highest BCUT2D eigenvalue weighted by Crippen LogP contribution is 2.18. The van der Waals surface area contributed by atoms with E-state index in [0.717, 1.165) is 5.56 Å². The fraction of sp³-hybridized carbons (Fsp3) is 0.231. The van der Waals surface area contributed by atoms with Crippen LogP contribution in [0.1, 0.15) is 12.7 Å². The average molecular weight is 231 g/mol. The lowest BCUT2D eigenvalue weighted by atomic mass is 10.2. The van der Waals surface area contributed by atoms with Crippen molar-refractivity contribution in [1.29, 1.82) is 0 Å². The van der Waals surface area contributed by atoms with Crippen molar-refractivity contribution < 1.29 is 13.9 Å². The number of carbonyl (C=O) groups excluding carboxylic acids is 1. The molecule has 0 atom stereocenters. The molecule has 0 aliphatic carbocycles. The van der Waals surface area contributed by atoms with Gasteiger partial charge in [0.05, 0.1) is 12.8 Å². The molecule has 0 radical (unpaired) electrons. The number of aromatic nitrogens is 1. The van der Waals surface area contributed by atoms with Crippen molar-refractivity contribution in [3.63, 3.8) is 0 Å². The van der Waals surface area contributed by atoms with Crippen LogP contribution in [-0.4, -0.2) is 17.6 Å². The largest absolute Gasteiger partial charge is 0.466 e. The molecule has 17 heavy (non-hydrogen) atoms. The third-order valence-electron chi connectivity index (χ3n) is 2.20. The molecule has 0 saturated heterocycles. The number of ether oxygens (including phenoxy) is 1. The van der Waals surface area contributed by atoms with Crippen LogP contribution in [0.3, 0.4) is 0 Å². The summed E-state index contributed by atoms with van der Waals surface area (Å²) in [5.41, 5.74) is 0.891. The molecule has 0 amide bonds. The molecule has 0 aliphatic rings. The minimum absolute atomic E-state index is 0.119. The molecular weight excluding hydrogens is 218 g/mol. The van der Waals surface area contributed by atoms with Crippen LogP contribution in [0.4, 0.5) is 0 Å². The topological polar surface area (TPSA) is 52.3 Å². The Morgan fingerprint density at radius 3 is 2.82 bits per heavy atom. The van der Waals surface area contributed by atoms with Crippen LogP contribution >= 0.6 is 0 Å². The van der Waals surface area contributed by atoms with E-state index < -0.39 is 0 Å². The quantitative estimate of drug-likeness (QED) is 0.758. The second-order valence-corrected chi connectivity index (χ2v) is 3.48. The van der Waals surface area contributed by atoms with Gasteiger partial charge in [0.15, 0.2) is 0 Å². The number of hydrogen-bond acceptors (Lipinski definition) is 4. The van der Waals surface area contributed by atoms with Gasteiger partial charge in [-0.25, -0.2) is 4.98 Å². The molecule has 2 aromatic rings. The molecule has 4 nitrogen and oxygen atoms in total. The molecule has 0 bridgehead atoms. The first kappa shape index (κ1) is 11.4. The number of hydrogen-bond donors (Lipinski definition) is 0. The van der Waals surface area contributed by atoms with Crippen LogP contribution in [0.15, 0.2) is 40.9 Å². The Bertz CT molecular complexity index is 490. The highest BCUT2D eigenvalue weighted by Gasteiger charge is 2.10. The number of esters is 1. The van der Waals surface area contributed by atoms with Gasteiger partial charge >= 0.3 is 5.97 Å². The van der Waals surface area contributed by atoms with Gasteiger partial charge in [-0.1, -0.05) is 18.2 Å². The maximum Gasteiger partial charge on any atom is 0.313 e. The van der Waals surface area contributed by atoms with Gasteiger partial charge in [0, 0.05) is 5.56 Å². The van der Waals surface area contributed by atoms with E-state index in [4.69, 9.17) is 9.15 Å². The van der Waals surface area contributed by atoms with Crippen molar-refractivity contribution in [3.05, 3.63) is 42.3 Å². The monoisotopic (exact) mass is 231 g/mol. The summed E-state index contributed by atoms with van der Waals surface area (Å²) in [6.45, 7) is 2.15. The maximum atomic E-state index is 11.2. The van der Waals surface area contributed by atoms with E-state index >= 15 is 0 Å². The van der Waals surface area contributed by atoms with Crippen LogP contribution in [0.5, 0.6) is 0 Å². The normalized spacial score (nSPS) is 10.2. The van der Waals surface area contributed by atoms with Gasteiger partial charge in [-0.15, -0.1) is 0 Å². The zero-order valence-electron chi connectivity index (χ0n) is 9.55. The van der Waals surface area contributed by atoms with Gasteiger partial charge in [-0.05, 0) is 19.1 Å².